The summed E-state index contributed by atoms with van der Waals surface area (Å²) in [5, 5.41) is 0. The molecule has 8 heteroatoms. The first-order valence-corrected chi connectivity index (χ1v) is 6.72. The predicted octanol–water partition coefficient (Wildman–Crippen LogP) is 2.11. The normalized spacial score (nSPS) is 16.1. The third kappa shape index (κ3) is 3.25. The first-order chi connectivity index (χ1) is 7.34. The Bertz CT molecular complexity index is 498. The number of amides is 1. The quantitative estimate of drug-likeness (QED) is 0.747. The van der Waals surface area contributed by atoms with Crippen molar-refractivity contribution in [2.45, 2.75) is 9.19 Å². The molecule has 0 bridgehead atoms. The average molecular weight is 303 g/mol. The first-order valence-electron chi connectivity index (χ1n) is 3.93. The van der Waals surface area contributed by atoms with E-state index in [4.69, 9.17) is 34.8 Å². The van der Waals surface area contributed by atoms with Crippen molar-refractivity contribution in [1.82, 2.24) is 4.72 Å². The smallest absolute Gasteiger partial charge is 0.266 e. The summed E-state index contributed by atoms with van der Waals surface area (Å²) >= 11 is 14.4. The van der Waals surface area contributed by atoms with Crippen molar-refractivity contribution in [1.29, 1.82) is 0 Å². The molecule has 1 aliphatic heterocycles. The molecule has 1 heterocycles. The molecule has 0 saturated carbocycles. The third-order valence-electron chi connectivity index (χ3n) is 1.65. The maximum atomic E-state index is 11.1. The number of halogens is 3. The monoisotopic (exact) mass is 301 g/mol. The molecule has 2 rings (SSSR count). The Labute approximate surface area is 108 Å². The lowest BCUT2D eigenvalue weighted by Crippen LogP contribution is -2.20. The van der Waals surface area contributed by atoms with Crippen molar-refractivity contribution in [3.8, 4) is 0 Å². The average Bonchev–Trinajstić information content (AvgIpc) is 2.38. The number of benzene rings is 1. The zero-order valence-electron chi connectivity index (χ0n) is 7.65. The van der Waals surface area contributed by atoms with Crippen LogP contribution in [0.25, 0.3) is 0 Å². The van der Waals surface area contributed by atoms with Gasteiger partial charge in [-0.25, -0.2) is 13.1 Å². The summed E-state index contributed by atoms with van der Waals surface area (Å²) in [5.74, 6) is -0.550. The molecule has 4 nitrogen and oxygen atoms in total. The van der Waals surface area contributed by atoms with E-state index < -0.39 is 20.2 Å². The lowest BCUT2D eigenvalue weighted by Gasteiger charge is -1.91. The van der Waals surface area contributed by atoms with Gasteiger partial charge in [0.05, 0.1) is 5.56 Å². The molecule has 0 spiro atoms. The molecule has 16 heavy (non-hydrogen) atoms. The van der Waals surface area contributed by atoms with Crippen LogP contribution in [0.3, 0.4) is 0 Å². The number of carbonyl (C=O) groups excluding carboxylic acids is 1. The van der Waals surface area contributed by atoms with Gasteiger partial charge in [0.25, 0.3) is 15.9 Å². The van der Waals surface area contributed by atoms with Crippen LogP contribution in [0.1, 0.15) is 10.4 Å². The Morgan fingerprint density at radius 2 is 1.62 bits per heavy atom. The number of alkyl halides is 3. The summed E-state index contributed by atoms with van der Waals surface area (Å²) in [7, 11) is -3.55. The SMILES string of the molecule is ClC(Cl)Cl.O=C1NS(=O)(=O)c2ccccc21. The van der Waals surface area contributed by atoms with Gasteiger partial charge in [-0.05, 0) is 12.1 Å². The molecule has 0 aliphatic carbocycles. The molecular weight excluding hydrogens is 297 g/mol. The molecule has 0 atom stereocenters. The van der Waals surface area contributed by atoms with Gasteiger partial charge in [-0.3, -0.25) is 4.79 Å². The first kappa shape index (κ1) is 13.6. The molecule has 0 saturated heterocycles. The second-order valence-corrected chi connectivity index (χ2v) is 6.31. The molecule has 0 unspecified atom stereocenters. The third-order valence-corrected chi connectivity index (χ3v) is 3.04. The number of fused-ring (bicyclic) bond motifs is 1. The molecule has 1 aliphatic rings. The second-order valence-electron chi connectivity index (χ2n) is 2.68. The van der Waals surface area contributed by atoms with Gasteiger partial charge in [0.15, 0.2) is 4.30 Å². The lowest BCUT2D eigenvalue weighted by atomic mass is 10.2. The van der Waals surface area contributed by atoms with E-state index in [0.717, 1.165) is 0 Å². The molecular formula is C8H6Cl3NO3S. The Morgan fingerprint density at radius 3 is 2.12 bits per heavy atom. The highest BCUT2D eigenvalue weighted by molar-refractivity contribution is 7.90. The summed E-state index contributed by atoms with van der Waals surface area (Å²) in [6, 6.07) is 6.09. The van der Waals surface area contributed by atoms with E-state index in [1.54, 1.807) is 12.1 Å². The van der Waals surface area contributed by atoms with Gasteiger partial charge >= 0.3 is 0 Å². The Balaban J connectivity index is 0.000000280. The van der Waals surface area contributed by atoms with Crippen molar-refractivity contribution in [2.24, 2.45) is 0 Å². The predicted molar refractivity (Wildman–Crippen MR) is 62.4 cm³/mol. The van der Waals surface area contributed by atoms with Gasteiger partial charge in [0.2, 0.25) is 0 Å². The zero-order chi connectivity index (χ0) is 12.3. The van der Waals surface area contributed by atoms with Crippen molar-refractivity contribution in [3.63, 3.8) is 0 Å². The molecule has 0 aromatic heterocycles. The Morgan fingerprint density at radius 1 is 1.12 bits per heavy atom. The van der Waals surface area contributed by atoms with Gasteiger partial charge in [0, 0.05) is 0 Å². The van der Waals surface area contributed by atoms with Crippen LogP contribution in [0, 0.1) is 0 Å². The van der Waals surface area contributed by atoms with Crippen LogP contribution in [0.5, 0.6) is 0 Å². The number of hydrogen-bond acceptors (Lipinski definition) is 3. The van der Waals surface area contributed by atoms with Crippen molar-refractivity contribution in [2.75, 3.05) is 0 Å². The molecule has 1 aromatic rings. The van der Waals surface area contributed by atoms with Crippen LogP contribution in [0.2, 0.25) is 0 Å². The summed E-state index contributed by atoms with van der Waals surface area (Å²) in [5.41, 5.74) is 0.220. The summed E-state index contributed by atoms with van der Waals surface area (Å²) in [6.45, 7) is 0. The van der Waals surface area contributed by atoms with Crippen LogP contribution in [-0.4, -0.2) is 18.6 Å². The lowest BCUT2D eigenvalue weighted by molar-refractivity contribution is 0.0985. The fourth-order valence-corrected chi connectivity index (χ4v) is 2.29. The van der Waals surface area contributed by atoms with E-state index in [0.29, 0.717) is 0 Å². The number of nitrogens with one attached hydrogen (secondary N) is 1. The Kier molecular flexibility index (Phi) is 4.43. The van der Waals surface area contributed by atoms with Crippen LogP contribution in [-0.2, 0) is 10.0 Å². The van der Waals surface area contributed by atoms with Gasteiger partial charge in [-0.2, -0.15) is 0 Å². The van der Waals surface area contributed by atoms with Crippen molar-refractivity contribution >= 4 is 50.7 Å². The molecule has 1 N–H and O–H groups in total. The molecule has 1 amide bonds. The van der Waals surface area contributed by atoms with Gasteiger partial charge in [-0.15, -0.1) is 0 Å². The van der Waals surface area contributed by atoms with Crippen LogP contribution in [0.4, 0.5) is 0 Å². The highest BCUT2D eigenvalue weighted by Crippen LogP contribution is 2.20. The molecule has 0 radical (unpaired) electrons. The minimum atomic E-state index is -3.55. The van der Waals surface area contributed by atoms with E-state index in [2.05, 4.69) is 0 Å². The van der Waals surface area contributed by atoms with Crippen molar-refractivity contribution in [3.05, 3.63) is 29.8 Å². The number of rotatable bonds is 0. The fourth-order valence-electron chi connectivity index (χ4n) is 1.12. The van der Waals surface area contributed by atoms with E-state index in [1.807, 2.05) is 4.72 Å². The van der Waals surface area contributed by atoms with E-state index in [9.17, 15) is 13.2 Å². The molecule has 1 aromatic carbocycles. The minimum Gasteiger partial charge on any atom is -0.268 e. The maximum absolute atomic E-state index is 11.1. The second kappa shape index (κ2) is 5.23. The topological polar surface area (TPSA) is 63.2 Å². The van der Waals surface area contributed by atoms with Crippen LogP contribution in [0.15, 0.2) is 29.2 Å². The maximum Gasteiger partial charge on any atom is 0.266 e. The number of hydrogen-bond donors (Lipinski definition) is 1. The molecule has 0 fully saturated rings. The summed E-state index contributed by atoms with van der Waals surface area (Å²) in [4.78, 5) is 11.1. The van der Waals surface area contributed by atoms with E-state index >= 15 is 0 Å². The highest BCUT2D eigenvalue weighted by Gasteiger charge is 2.31. The standard InChI is InChI=1S/C7H5NO3S.CHCl3/c9-7-5-3-1-2-4-6(5)12(10,11)8-7;2-1(3)4/h1-4H,(H,8,9);1H. The summed E-state index contributed by atoms with van der Waals surface area (Å²) in [6.07, 6.45) is 0. The number of sulfonamides is 1. The van der Waals surface area contributed by atoms with Crippen LogP contribution < -0.4 is 4.72 Å². The Hall–Kier alpha value is -0.490. The van der Waals surface area contributed by atoms with Gasteiger partial charge < -0.3 is 0 Å². The van der Waals surface area contributed by atoms with Gasteiger partial charge in [0.1, 0.15) is 4.90 Å². The fraction of sp³-hybridized carbons (Fsp3) is 0.125. The van der Waals surface area contributed by atoms with Gasteiger partial charge in [-0.1, -0.05) is 46.9 Å². The highest BCUT2D eigenvalue weighted by atomic mass is 35.6. The number of carbonyl (C=O) groups is 1. The largest absolute Gasteiger partial charge is 0.268 e. The van der Waals surface area contributed by atoms with E-state index in [-0.39, 0.29) is 10.5 Å². The zero-order valence-corrected chi connectivity index (χ0v) is 10.7. The summed E-state index contributed by atoms with van der Waals surface area (Å²) < 4.78 is 23.4. The van der Waals surface area contributed by atoms with E-state index in [1.165, 1.54) is 12.1 Å². The van der Waals surface area contributed by atoms with Crippen LogP contribution >= 0.6 is 34.8 Å². The van der Waals surface area contributed by atoms with Crippen molar-refractivity contribution < 1.29 is 13.2 Å². The minimum absolute atomic E-state index is 0.0648. The molecule has 88 valence electrons.